The minimum absolute atomic E-state index is 0.654. The average Bonchev–Trinajstić information content (AvgIpc) is 3.44. The molecule has 0 saturated heterocycles. The maximum atomic E-state index is 7.62. The summed E-state index contributed by atoms with van der Waals surface area (Å²) in [4.78, 5) is 3.73. The second kappa shape index (κ2) is 9.95. The highest BCUT2D eigenvalue weighted by Crippen LogP contribution is 2.43. The standard InChI is InChI=1S/C43H26N2/c1-44-30-21-23-42-41(25-30)36-22-20-29(24-43(36)45(42)31-14-6-3-7-15-31)38-27-40-34-18-10-8-16-32(34)37(28-12-4-2-5-13-28)26-39(40)35-19-11-9-17-33(35)38/h2-27H. The molecule has 0 aliphatic heterocycles. The molecule has 0 saturated carbocycles. The van der Waals surface area contributed by atoms with Crippen LogP contribution in [0.1, 0.15) is 0 Å². The summed E-state index contributed by atoms with van der Waals surface area (Å²) in [5, 5.41) is 9.75. The molecule has 0 N–H and O–H groups in total. The highest BCUT2D eigenvalue weighted by molar-refractivity contribution is 6.24. The van der Waals surface area contributed by atoms with Gasteiger partial charge in [0.15, 0.2) is 5.69 Å². The van der Waals surface area contributed by atoms with Crippen LogP contribution < -0.4 is 0 Å². The Kier molecular flexibility index (Phi) is 5.60. The van der Waals surface area contributed by atoms with E-state index in [9.17, 15) is 0 Å². The Balaban J connectivity index is 1.38. The van der Waals surface area contributed by atoms with Crippen LogP contribution in [0.5, 0.6) is 0 Å². The van der Waals surface area contributed by atoms with Crippen LogP contribution in [0.2, 0.25) is 0 Å². The van der Waals surface area contributed by atoms with E-state index in [1.165, 1.54) is 54.6 Å². The second-order valence-electron chi connectivity index (χ2n) is 11.6. The lowest BCUT2D eigenvalue weighted by atomic mass is 9.87. The Labute approximate surface area is 260 Å². The zero-order valence-corrected chi connectivity index (χ0v) is 24.4. The number of para-hydroxylation sites is 1. The lowest BCUT2D eigenvalue weighted by molar-refractivity contribution is 1.18. The van der Waals surface area contributed by atoms with Crippen molar-refractivity contribution in [2.24, 2.45) is 0 Å². The van der Waals surface area contributed by atoms with Gasteiger partial charge >= 0.3 is 0 Å². The lowest BCUT2D eigenvalue weighted by Gasteiger charge is -2.16. The van der Waals surface area contributed by atoms with Crippen molar-refractivity contribution in [1.82, 2.24) is 4.57 Å². The van der Waals surface area contributed by atoms with Gasteiger partial charge in [-0.1, -0.05) is 115 Å². The lowest BCUT2D eigenvalue weighted by Crippen LogP contribution is -1.93. The summed E-state index contributed by atoms with van der Waals surface area (Å²) in [6.07, 6.45) is 0. The summed E-state index contributed by atoms with van der Waals surface area (Å²) < 4.78 is 2.33. The summed E-state index contributed by atoms with van der Waals surface area (Å²) in [7, 11) is 0. The van der Waals surface area contributed by atoms with E-state index < -0.39 is 0 Å². The van der Waals surface area contributed by atoms with E-state index in [1.807, 2.05) is 12.1 Å². The van der Waals surface area contributed by atoms with Gasteiger partial charge in [0.2, 0.25) is 0 Å². The highest BCUT2D eigenvalue weighted by Gasteiger charge is 2.17. The van der Waals surface area contributed by atoms with Gasteiger partial charge in [-0.2, -0.15) is 0 Å². The normalized spacial score (nSPS) is 11.5. The van der Waals surface area contributed by atoms with Crippen molar-refractivity contribution >= 4 is 59.8 Å². The molecule has 0 radical (unpaired) electrons. The van der Waals surface area contributed by atoms with Crippen LogP contribution in [-0.4, -0.2) is 4.57 Å². The number of nitrogens with zero attached hydrogens (tertiary/aromatic N) is 2. The van der Waals surface area contributed by atoms with Crippen LogP contribution in [0.25, 0.3) is 86.9 Å². The zero-order valence-electron chi connectivity index (χ0n) is 24.4. The van der Waals surface area contributed by atoms with E-state index in [4.69, 9.17) is 6.57 Å². The van der Waals surface area contributed by atoms with Crippen molar-refractivity contribution in [3.05, 3.63) is 169 Å². The van der Waals surface area contributed by atoms with Crippen LogP contribution in [0, 0.1) is 6.57 Å². The number of fused-ring (bicyclic) bond motifs is 8. The van der Waals surface area contributed by atoms with Gasteiger partial charge in [-0.25, -0.2) is 4.85 Å². The topological polar surface area (TPSA) is 9.29 Å². The maximum Gasteiger partial charge on any atom is 0.188 e. The monoisotopic (exact) mass is 570 g/mol. The summed E-state index contributed by atoms with van der Waals surface area (Å²) in [5.41, 5.74) is 8.85. The molecule has 1 heterocycles. The second-order valence-corrected chi connectivity index (χ2v) is 11.6. The minimum Gasteiger partial charge on any atom is -0.309 e. The van der Waals surface area contributed by atoms with Gasteiger partial charge in [0, 0.05) is 11.1 Å². The van der Waals surface area contributed by atoms with E-state index in [0.29, 0.717) is 5.69 Å². The first-order valence-electron chi connectivity index (χ1n) is 15.2. The Morgan fingerprint density at radius 1 is 0.378 bits per heavy atom. The van der Waals surface area contributed by atoms with Crippen molar-refractivity contribution in [3.63, 3.8) is 0 Å². The summed E-state index contributed by atoms with van der Waals surface area (Å²) in [6, 6.07) is 56.4. The van der Waals surface area contributed by atoms with Crippen molar-refractivity contribution in [1.29, 1.82) is 0 Å². The number of benzene rings is 8. The molecule has 9 aromatic rings. The summed E-state index contributed by atoms with van der Waals surface area (Å²) >= 11 is 0. The molecule has 0 aliphatic carbocycles. The van der Waals surface area contributed by atoms with Crippen LogP contribution in [0.15, 0.2) is 158 Å². The predicted molar refractivity (Wildman–Crippen MR) is 190 cm³/mol. The summed E-state index contributed by atoms with van der Waals surface area (Å²) in [5.74, 6) is 0. The third kappa shape index (κ3) is 3.88. The molecule has 208 valence electrons. The fraction of sp³-hybridized carbons (Fsp3) is 0. The molecule has 0 atom stereocenters. The molecule has 2 nitrogen and oxygen atoms in total. The van der Waals surface area contributed by atoms with Gasteiger partial charge < -0.3 is 4.57 Å². The predicted octanol–water partition coefficient (Wildman–Crippen LogP) is 12.1. The molecule has 0 unspecified atom stereocenters. The van der Waals surface area contributed by atoms with E-state index in [-0.39, 0.29) is 0 Å². The fourth-order valence-electron chi connectivity index (χ4n) is 7.15. The fourth-order valence-corrected chi connectivity index (χ4v) is 7.15. The molecule has 0 amide bonds. The Morgan fingerprint density at radius 2 is 0.956 bits per heavy atom. The third-order valence-electron chi connectivity index (χ3n) is 9.17. The van der Waals surface area contributed by atoms with E-state index >= 15 is 0 Å². The molecule has 9 rings (SSSR count). The Hall–Kier alpha value is -6.17. The first-order valence-corrected chi connectivity index (χ1v) is 15.2. The first-order chi connectivity index (χ1) is 22.3. The van der Waals surface area contributed by atoms with Gasteiger partial charge in [0.05, 0.1) is 17.6 Å². The highest BCUT2D eigenvalue weighted by atomic mass is 15.0. The van der Waals surface area contributed by atoms with Crippen LogP contribution in [0.3, 0.4) is 0 Å². The quantitative estimate of drug-likeness (QED) is 0.148. The number of hydrogen-bond donors (Lipinski definition) is 0. The van der Waals surface area contributed by atoms with E-state index in [0.717, 1.165) is 27.5 Å². The van der Waals surface area contributed by atoms with E-state index in [1.54, 1.807) is 0 Å². The SMILES string of the molecule is [C-]#[N+]c1ccc2c(c1)c1ccc(-c3cc4c5ccccc5c(-c5ccccc5)cc4c4ccccc34)cc1n2-c1ccccc1. The largest absolute Gasteiger partial charge is 0.309 e. The minimum atomic E-state index is 0.654. The number of rotatable bonds is 3. The molecule has 1 aromatic heterocycles. The van der Waals surface area contributed by atoms with Crippen LogP contribution in [0.4, 0.5) is 5.69 Å². The molecule has 0 spiro atoms. The first kappa shape index (κ1) is 25.3. The van der Waals surface area contributed by atoms with Crippen LogP contribution >= 0.6 is 0 Å². The van der Waals surface area contributed by atoms with Gasteiger partial charge in [-0.05, 0) is 102 Å². The molecule has 0 aliphatic rings. The number of aromatic nitrogens is 1. The Morgan fingerprint density at radius 3 is 1.60 bits per heavy atom. The molecule has 0 fully saturated rings. The third-order valence-corrected chi connectivity index (χ3v) is 9.17. The molecule has 2 heteroatoms. The molecule has 8 aromatic carbocycles. The molecular formula is C43H26N2. The van der Waals surface area contributed by atoms with Gasteiger partial charge in [0.25, 0.3) is 0 Å². The molecular weight excluding hydrogens is 544 g/mol. The number of hydrogen-bond acceptors (Lipinski definition) is 0. The van der Waals surface area contributed by atoms with Crippen molar-refractivity contribution in [2.45, 2.75) is 0 Å². The van der Waals surface area contributed by atoms with Crippen molar-refractivity contribution < 1.29 is 0 Å². The Bertz CT molecular complexity index is 2640. The maximum absolute atomic E-state index is 7.62. The van der Waals surface area contributed by atoms with Crippen molar-refractivity contribution in [2.75, 3.05) is 0 Å². The van der Waals surface area contributed by atoms with Crippen molar-refractivity contribution in [3.8, 4) is 27.9 Å². The van der Waals surface area contributed by atoms with Gasteiger partial charge in [0.1, 0.15) is 0 Å². The average molecular weight is 571 g/mol. The van der Waals surface area contributed by atoms with Gasteiger partial charge in [-0.3, -0.25) is 0 Å². The summed E-state index contributed by atoms with van der Waals surface area (Å²) in [6.45, 7) is 7.62. The van der Waals surface area contributed by atoms with Gasteiger partial charge in [-0.15, -0.1) is 0 Å². The molecule has 45 heavy (non-hydrogen) atoms. The van der Waals surface area contributed by atoms with Crippen LogP contribution in [-0.2, 0) is 0 Å². The smallest absolute Gasteiger partial charge is 0.188 e. The zero-order chi connectivity index (χ0) is 29.9. The molecule has 0 bridgehead atoms. The van der Waals surface area contributed by atoms with E-state index in [2.05, 4.69) is 155 Å².